The minimum Gasteiger partial charge on any atom is -0.457 e. The SMILES string of the molecule is CN(C1CCN(C(=O)C2c3ccccc3Oc3ccccc32)CC1)S(C)(=O)=O. The maximum atomic E-state index is 13.5. The molecule has 0 N–H and O–H groups in total. The Morgan fingerprint density at radius 1 is 1.00 bits per heavy atom. The normalized spacial score (nSPS) is 17.8. The molecule has 2 aliphatic rings. The maximum absolute atomic E-state index is 13.5. The quantitative estimate of drug-likeness (QED) is 0.795. The van der Waals surface area contributed by atoms with Crippen molar-refractivity contribution in [1.29, 1.82) is 0 Å². The van der Waals surface area contributed by atoms with Gasteiger partial charge in [0, 0.05) is 37.3 Å². The average Bonchev–Trinajstić information content (AvgIpc) is 2.70. The number of benzene rings is 2. The molecule has 0 atom stereocenters. The number of para-hydroxylation sites is 2. The number of ether oxygens (including phenoxy) is 1. The van der Waals surface area contributed by atoms with Gasteiger partial charge < -0.3 is 9.64 Å². The highest BCUT2D eigenvalue weighted by atomic mass is 32.2. The molecule has 0 unspecified atom stereocenters. The van der Waals surface area contributed by atoms with E-state index < -0.39 is 15.9 Å². The van der Waals surface area contributed by atoms with Crippen LogP contribution in [-0.4, -0.2) is 56.0 Å². The van der Waals surface area contributed by atoms with Gasteiger partial charge in [-0.3, -0.25) is 4.79 Å². The lowest BCUT2D eigenvalue weighted by atomic mass is 9.86. The number of hydrogen-bond donors (Lipinski definition) is 0. The predicted molar refractivity (Wildman–Crippen MR) is 107 cm³/mol. The average molecular weight is 401 g/mol. The van der Waals surface area contributed by atoms with Crippen LogP contribution >= 0.6 is 0 Å². The number of fused-ring (bicyclic) bond motifs is 2. The van der Waals surface area contributed by atoms with Crippen molar-refractivity contribution < 1.29 is 17.9 Å². The van der Waals surface area contributed by atoms with E-state index in [0.29, 0.717) is 37.4 Å². The second-order valence-electron chi connectivity index (χ2n) is 7.45. The van der Waals surface area contributed by atoms with Crippen molar-refractivity contribution in [2.75, 3.05) is 26.4 Å². The smallest absolute Gasteiger partial charge is 0.234 e. The predicted octanol–water partition coefficient (Wildman–Crippen LogP) is 2.81. The number of carbonyl (C=O) groups is 1. The standard InChI is InChI=1S/C21H24N2O4S/c1-22(28(2,25)26)15-11-13-23(14-12-15)21(24)20-16-7-3-5-9-18(16)27-19-10-6-4-8-17(19)20/h3-10,15,20H,11-14H2,1-2H3. The Morgan fingerprint density at radius 3 is 2.00 bits per heavy atom. The lowest BCUT2D eigenvalue weighted by molar-refractivity contribution is -0.133. The van der Waals surface area contributed by atoms with Gasteiger partial charge in [0.15, 0.2) is 0 Å². The van der Waals surface area contributed by atoms with Crippen molar-refractivity contribution >= 4 is 15.9 Å². The summed E-state index contributed by atoms with van der Waals surface area (Å²) >= 11 is 0. The Labute approximate surface area is 165 Å². The molecule has 0 radical (unpaired) electrons. The molecule has 6 nitrogen and oxygen atoms in total. The van der Waals surface area contributed by atoms with E-state index in [4.69, 9.17) is 4.74 Å². The summed E-state index contributed by atoms with van der Waals surface area (Å²) in [6, 6.07) is 15.2. The molecule has 4 rings (SSSR count). The summed E-state index contributed by atoms with van der Waals surface area (Å²) < 4.78 is 31.0. The fourth-order valence-electron chi connectivity index (χ4n) is 4.08. The molecule has 0 aromatic heterocycles. The molecule has 2 aromatic carbocycles. The van der Waals surface area contributed by atoms with Crippen LogP contribution in [0.25, 0.3) is 0 Å². The van der Waals surface area contributed by atoms with E-state index >= 15 is 0 Å². The summed E-state index contributed by atoms with van der Waals surface area (Å²) in [6.07, 6.45) is 2.50. The monoisotopic (exact) mass is 400 g/mol. The molecule has 0 aliphatic carbocycles. The second kappa shape index (κ2) is 7.22. The Kier molecular flexibility index (Phi) is 4.89. The van der Waals surface area contributed by atoms with Gasteiger partial charge in [-0.15, -0.1) is 0 Å². The first-order valence-corrected chi connectivity index (χ1v) is 11.3. The second-order valence-corrected chi connectivity index (χ2v) is 9.49. The molecule has 0 spiro atoms. The van der Waals surface area contributed by atoms with E-state index in [-0.39, 0.29) is 11.9 Å². The topological polar surface area (TPSA) is 66.9 Å². The number of piperidine rings is 1. The number of amides is 1. The van der Waals surface area contributed by atoms with Crippen LogP contribution in [-0.2, 0) is 14.8 Å². The molecule has 1 saturated heterocycles. The van der Waals surface area contributed by atoms with Gasteiger partial charge in [0.25, 0.3) is 0 Å². The van der Waals surface area contributed by atoms with E-state index in [9.17, 15) is 13.2 Å². The zero-order valence-corrected chi connectivity index (χ0v) is 16.9. The first kappa shape index (κ1) is 19.0. The summed E-state index contributed by atoms with van der Waals surface area (Å²) in [5.41, 5.74) is 1.75. The lowest BCUT2D eigenvalue weighted by Gasteiger charge is -2.38. The van der Waals surface area contributed by atoms with E-state index in [2.05, 4.69) is 0 Å². The minimum atomic E-state index is -3.23. The molecule has 2 heterocycles. The van der Waals surface area contributed by atoms with Gasteiger partial charge in [0.1, 0.15) is 11.5 Å². The van der Waals surface area contributed by atoms with Gasteiger partial charge in [-0.2, -0.15) is 0 Å². The van der Waals surface area contributed by atoms with Crippen molar-refractivity contribution in [1.82, 2.24) is 9.21 Å². The Morgan fingerprint density at radius 2 is 1.50 bits per heavy atom. The van der Waals surface area contributed by atoms with Crippen molar-refractivity contribution in [3.8, 4) is 11.5 Å². The number of nitrogens with zero attached hydrogens (tertiary/aromatic N) is 2. The third-order valence-electron chi connectivity index (χ3n) is 5.74. The van der Waals surface area contributed by atoms with E-state index in [0.717, 1.165) is 11.1 Å². The van der Waals surface area contributed by atoms with Crippen LogP contribution in [0, 0.1) is 0 Å². The molecule has 28 heavy (non-hydrogen) atoms. The molecule has 7 heteroatoms. The van der Waals surface area contributed by atoms with Crippen LogP contribution in [0.5, 0.6) is 11.5 Å². The van der Waals surface area contributed by atoms with E-state index in [1.165, 1.54) is 10.6 Å². The molecule has 148 valence electrons. The van der Waals surface area contributed by atoms with Crippen molar-refractivity contribution in [2.24, 2.45) is 0 Å². The molecule has 0 bridgehead atoms. The highest BCUT2D eigenvalue weighted by molar-refractivity contribution is 7.88. The lowest BCUT2D eigenvalue weighted by Crippen LogP contribution is -2.48. The van der Waals surface area contributed by atoms with Gasteiger partial charge in [0.05, 0.1) is 12.2 Å². The number of rotatable bonds is 3. The van der Waals surface area contributed by atoms with Gasteiger partial charge in [0.2, 0.25) is 15.9 Å². The third kappa shape index (κ3) is 3.40. The van der Waals surface area contributed by atoms with Crippen LogP contribution < -0.4 is 4.74 Å². The summed E-state index contributed by atoms with van der Waals surface area (Å²) in [7, 11) is -1.61. The van der Waals surface area contributed by atoms with Crippen molar-refractivity contribution in [3.63, 3.8) is 0 Å². The minimum absolute atomic E-state index is 0.0451. The number of carbonyl (C=O) groups excluding carboxylic acids is 1. The summed E-state index contributed by atoms with van der Waals surface area (Å²) in [5, 5.41) is 0. The molecule has 2 aromatic rings. The first-order chi connectivity index (χ1) is 13.4. The van der Waals surface area contributed by atoms with Crippen LogP contribution in [0.2, 0.25) is 0 Å². The first-order valence-electron chi connectivity index (χ1n) is 9.44. The molecular formula is C21H24N2O4S. The van der Waals surface area contributed by atoms with Crippen LogP contribution in [0.4, 0.5) is 0 Å². The molecule has 2 aliphatic heterocycles. The number of likely N-dealkylation sites (tertiary alicyclic amines) is 1. The van der Waals surface area contributed by atoms with Crippen LogP contribution in [0.3, 0.4) is 0 Å². The largest absolute Gasteiger partial charge is 0.457 e. The molecule has 1 fully saturated rings. The zero-order chi connectivity index (χ0) is 19.9. The van der Waals surface area contributed by atoms with Crippen LogP contribution in [0.1, 0.15) is 29.9 Å². The Bertz CT molecular complexity index is 951. The summed E-state index contributed by atoms with van der Waals surface area (Å²) in [6.45, 7) is 1.09. The van der Waals surface area contributed by atoms with Gasteiger partial charge >= 0.3 is 0 Å². The third-order valence-corrected chi connectivity index (χ3v) is 7.08. The fourth-order valence-corrected chi connectivity index (χ4v) is 4.83. The molecular weight excluding hydrogens is 376 g/mol. The van der Waals surface area contributed by atoms with E-state index in [1.54, 1.807) is 7.05 Å². The molecule has 0 saturated carbocycles. The van der Waals surface area contributed by atoms with Crippen molar-refractivity contribution in [3.05, 3.63) is 59.7 Å². The number of sulfonamides is 1. The van der Waals surface area contributed by atoms with Gasteiger partial charge in [-0.1, -0.05) is 36.4 Å². The van der Waals surface area contributed by atoms with Gasteiger partial charge in [-0.25, -0.2) is 12.7 Å². The maximum Gasteiger partial charge on any atom is 0.234 e. The van der Waals surface area contributed by atoms with Gasteiger partial charge in [-0.05, 0) is 25.0 Å². The highest BCUT2D eigenvalue weighted by Crippen LogP contribution is 2.44. The Balaban J connectivity index is 1.58. The fraction of sp³-hybridized carbons (Fsp3) is 0.381. The summed E-state index contributed by atoms with van der Waals surface area (Å²) in [5.74, 6) is 1.08. The highest BCUT2D eigenvalue weighted by Gasteiger charge is 2.37. The summed E-state index contributed by atoms with van der Waals surface area (Å²) in [4.78, 5) is 15.3. The zero-order valence-electron chi connectivity index (χ0n) is 16.0. The van der Waals surface area contributed by atoms with E-state index in [1.807, 2.05) is 53.4 Å². The Hall–Kier alpha value is -2.38. The van der Waals surface area contributed by atoms with Crippen molar-refractivity contribution in [2.45, 2.75) is 24.8 Å². The number of hydrogen-bond acceptors (Lipinski definition) is 4. The molecule has 1 amide bonds. The van der Waals surface area contributed by atoms with Crippen LogP contribution in [0.15, 0.2) is 48.5 Å².